The number of urea groups is 1. The lowest BCUT2D eigenvalue weighted by molar-refractivity contribution is -0.137. The quantitative estimate of drug-likeness (QED) is 0.867. The van der Waals surface area contributed by atoms with E-state index in [2.05, 4.69) is 0 Å². The molecular weight excluding hydrogens is 272 g/mol. The average molecular weight is 294 g/mol. The van der Waals surface area contributed by atoms with Gasteiger partial charge in [0.1, 0.15) is 12.3 Å². The lowest BCUT2D eigenvalue weighted by atomic mass is 10.1. The number of carbonyl (C=O) groups excluding carboxylic acids is 1. The lowest BCUT2D eigenvalue weighted by Crippen LogP contribution is -2.45. The summed E-state index contributed by atoms with van der Waals surface area (Å²) in [5.74, 6) is -0.249. The van der Waals surface area contributed by atoms with Gasteiger partial charge in [-0.05, 0) is 25.0 Å². The molecule has 0 aliphatic carbocycles. The average Bonchev–Trinajstić information content (AvgIpc) is 2.45. The second-order valence-electron chi connectivity index (χ2n) is 5.01. The number of hydrogen-bond acceptors (Lipinski definition) is 3. The third-order valence-electron chi connectivity index (χ3n) is 3.37. The van der Waals surface area contributed by atoms with Gasteiger partial charge in [-0.15, -0.1) is 0 Å². The highest BCUT2D eigenvalue weighted by atomic mass is 16.5. The Balaban J connectivity index is 2.72. The third-order valence-corrected chi connectivity index (χ3v) is 3.37. The van der Waals surface area contributed by atoms with E-state index in [0.29, 0.717) is 6.42 Å². The fourth-order valence-corrected chi connectivity index (χ4v) is 2.06. The maximum absolute atomic E-state index is 12.1. The predicted molar refractivity (Wildman–Crippen MR) is 79.6 cm³/mol. The molecule has 0 saturated carbocycles. The van der Waals surface area contributed by atoms with Crippen LogP contribution < -0.4 is 4.74 Å². The van der Waals surface area contributed by atoms with E-state index in [-0.39, 0.29) is 18.6 Å². The summed E-state index contributed by atoms with van der Waals surface area (Å²) in [4.78, 5) is 25.5. The Labute approximate surface area is 124 Å². The predicted octanol–water partition coefficient (Wildman–Crippen LogP) is 1.69. The summed E-state index contributed by atoms with van der Waals surface area (Å²) in [7, 11) is 4.75. The number of likely N-dealkylation sites (N-methyl/N-ethyl adjacent to an activating group) is 2. The van der Waals surface area contributed by atoms with Gasteiger partial charge in [-0.3, -0.25) is 4.79 Å². The van der Waals surface area contributed by atoms with Gasteiger partial charge in [-0.1, -0.05) is 18.2 Å². The maximum Gasteiger partial charge on any atom is 0.323 e. The first-order chi connectivity index (χ1) is 9.86. The molecule has 0 bridgehead atoms. The van der Waals surface area contributed by atoms with Crippen LogP contribution in [0.5, 0.6) is 5.75 Å². The minimum atomic E-state index is -1.03. The Hall–Kier alpha value is -2.24. The van der Waals surface area contributed by atoms with Crippen molar-refractivity contribution in [2.75, 3.05) is 27.7 Å². The number of amides is 2. The molecule has 0 aliphatic heterocycles. The number of benzene rings is 1. The van der Waals surface area contributed by atoms with E-state index in [4.69, 9.17) is 9.84 Å². The molecule has 21 heavy (non-hydrogen) atoms. The van der Waals surface area contributed by atoms with E-state index < -0.39 is 5.97 Å². The van der Waals surface area contributed by atoms with Crippen molar-refractivity contribution in [3.05, 3.63) is 29.8 Å². The Morgan fingerprint density at radius 2 is 1.90 bits per heavy atom. The molecule has 0 spiro atoms. The number of aliphatic carboxylic acids is 1. The summed E-state index contributed by atoms with van der Waals surface area (Å²) in [5, 5.41) is 8.73. The number of para-hydroxylation sites is 1. The summed E-state index contributed by atoms with van der Waals surface area (Å²) in [6.45, 7) is 1.60. The van der Waals surface area contributed by atoms with Crippen molar-refractivity contribution in [3.8, 4) is 5.75 Å². The minimum absolute atomic E-state index is 0.0787. The van der Waals surface area contributed by atoms with Gasteiger partial charge in [0.15, 0.2) is 0 Å². The molecule has 0 aliphatic rings. The van der Waals surface area contributed by atoms with Crippen LogP contribution in [0.2, 0.25) is 0 Å². The van der Waals surface area contributed by atoms with Gasteiger partial charge in [0.2, 0.25) is 0 Å². The summed E-state index contributed by atoms with van der Waals surface area (Å²) in [5.41, 5.74) is 1.01. The van der Waals surface area contributed by atoms with Crippen molar-refractivity contribution in [2.45, 2.75) is 19.4 Å². The topological polar surface area (TPSA) is 70.1 Å². The maximum atomic E-state index is 12.1. The van der Waals surface area contributed by atoms with Crippen molar-refractivity contribution in [2.24, 2.45) is 0 Å². The normalized spacial score (nSPS) is 11.6. The molecule has 116 valence electrons. The van der Waals surface area contributed by atoms with Gasteiger partial charge in [0.05, 0.1) is 7.11 Å². The summed E-state index contributed by atoms with van der Waals surface area (Å²) in [6.07, 6.45) is 0.632. The van der Waals surface area contributed by atoms with Crippen LogP contribution in [-0.2, 0) is 11.2 Å². The van der Waals surface area contributed by atoms with Gasteiger partial charge in [-0.2, -0.15) is 0 Å². The largest absolute Gasteiger partial charge is 0.496 e. The third kappa shape index (κ3) is 4.66. The molecule has 1 rings (SSSR count). The highest BCUT2D eigenvalue weighted by molar-refractivity contribution is 5.79. The van der Waals surface area contributed by atoms with Crippen LogP contribution in [0, 0.1) is 0 Å². The smallest absolute Gasteiger partial charge is 0.323 e. The van der Waals surface area contributed by atoms with Crippen molar-refractivity contribution >= 4 is 12.0 Å². The van der Waals surface area contributed by atoms with Crippen LogP contribution >= 0.6 is 0 Å². The molecule has 6 heteroatoms. The fourth-order valence-electron chi connectivity index (χ4n) is 2.06. The van der Waals surface area contributed by atoms with Crippen molar-refractivity contribution in [1.29, 1.82) is 0 Å². The molecule has 0 aromatic heterocycles. The first-order valence-electron chi connectivity index (χ1n) is 6.68. The Morgan fingerprint density at radius 3 is 2.48 bits per heavy atom. The number of hydrogen-bond donors (Lipinski definition) is 1. The molecule has 6 nitrogen and oxygen atoms in total. The van der Waals surface area contributed by atoms with Crippen molar-refractivity contribution < 1.29 is 19.4 Å². The second-order valence-corrected chi connectivity index (χ2v) is 5.01. The van der Waals surface area contributed by atoms with Crippen LogP contribution in [0.3, 0.4) is 0 Å². The SMILES string of the molecule is COc1ccccc1CC(C)N(C)C(=O)N(C)CC(=O)O. The number of carbonyl (C=O) groups is 2. The molecule has 2 amide bonds. The van der Waals surface area contributed by atoms with E-state index in [1.54, 1.807) is 14.2 Å². The number of methoxy groups -OCH3 is 1. The van der Waals surface area contributed by atoms with Crippen molar-refractivity contribution in [1.82, 2.24) is 9.80 Å². The first kappa shape index (κ1) is 16.8. The van der Waals surface area contributed by atoms with Crippen molar-refractivity contribution in [3.63, 3.8) is 0 Å². The Morgan fingerprint density at radius 1 is 1.29 bits per heavy atom. The number of ether oxygens (including phenoxy) is 1. The van der Waals surface area contributed by atoms with E-state index in [0.717, 1.165) is 11.3 Å². The van der Waals surface area contributed by atoms with Gasteiger partial charge in [-0.25, -0.2) is 4.79 Å². The Kier molecular flexibility index (Phi) is 6.02. The highest BCUT2D eigenvalue weighted by Gasteiger charge is 2.21. The zero-order valence-electron chi connectivity index (χ0n) is 12.9. The molecule has 1 N–H and O–H groups in total. The Bertz CT molecular complexity index is 504. The first-order valence-corrected chi connectivity index (χ1v) is 6.68. The number of rotatable bonds is 6. The van der Waals surface area contributed by atoms with Crippen LogP contribution in [0.4, 0.5) is 4.79 Å². The van der Waals surface area contributed by atoms with E-state index >= 15 is 0 Å². The van der Waals surface area contributed by atoms with Crippen LogP contribution in [0.1, 0.15) is 12.5 Å². The monoisotopic (exact) mass is 294 g/mol. The zero-order valence-corrected chi connectivity index (χ0v) is 12.9. The lowest BCUT2D eigenvalue weighted by Gasteiger charge is -2.29. The molecule has 0 radical (unpaired) electrons. The molecule has 1 aromatic rings. The van der Waals surface area contributed by atoms with Gasteiger partial charge in [0.25, 0.3) is 0 Å². The number of carboxylic acids is 1. The van der Waals surface area contributed by atoms with E-state index in [1.165, 1.54) is 16.8 Å². The van der Waals surface area contributed by atoms with Crippen LogP contribution in [0.25, 0.3) is 0 Å². The van der Waals surface area contributed by atoms with Gasteiger partial charge in [0, 0.05) is 20.1 Å². The minimum Gasteiger partial charge on any atom is -0.496 e. The highest BCUT2D eigenvalue weighted by Crippen LogP contribution is 2.20. The van der Waals surface area contributed by atoms with Crippen LogP contribution in [0.15, 0.2) is 24.3 Å². The van der Waals surface area contributed by atoms with Gasteiger partial charge >= 0.3 is 12.0 Å². The van der Waals surface area contributed by atoms with Gasteiger partial charge < -0.3 is 19.6 Å². The fraction of sp³-hybridized carbons (Fsp3) is 0.467. The van der Waals surface area contributed by atoms with E-state index in [9.17, 15) is 9.59 Å². The summed E-state index contributed by atoms with van der Waals surface area (Å²) < 4.78 is 5.29. The molecule has 1 aromatic carbocycles. The second kappa shape index (κ2) is 7.52. The standard InChI is InChI=1S/C15H22N2O4/c1-11(9-12-7-5-6-8-13(12)21-4)17(3)15(20)16(2)10-14(18)19/h5-8,11H,9-10H2,1-4H3,(H,18,19). The number of nitrogens with zero attached hydrogens (tertiary/aromatic N) is 2. The number of carboxylic acid groups (broad SMARTS) is 1. The zero-order chi connectivity index (χ0) is 16.0. The molecule has 1 atom stereocenters. The summed E-state index contributed by atoms with van der Waals surface area (Å²) >= 11 is 0. The molecule has 1 unspecified atom stereocenters. The molecule has 0 heterocycles. The summed E-state index contributed by atoms with van der Waals surface area (Å²) in [6, 6.07) is 7.24. The van der Waals surface area contributed by atoms with E-state index in [1.807, 2.05) is 31.2 Å². The van der Waals surface area contributed by atoms with Crippen LogP contribution in [-0.4, -0.2) is 60.7 Å². The molecular formula is C15H22N2O4. The molecule has 0 saturated heterocycles. The molecule has 0 fully saturated rings.